The lowest BCUT2D eigenvalue weighted by molar-refractivity contribution is -0.138. The van der Waals surface area contributed by atoms with Gasteiger partial charge in [-0.2, -0.15) is 26.3 Å². The zero-order chi connectivity index (χ0) is 31.6. The maximum absolute atomic E-state index is 13.8. The number of carbonyl (C=O) groups is 3. The van der Waals surface area contributed by atoms with Crippen LogP contribution in [-0.4, -0.2) is 27.5 Å². The normalized spacial score (nSPS) is 20.0. The molecule has 8 nitrogen and oxygen atoms in total. The summed E-state index contributed by atoms with van der Waals surface area (Å²) in [5.74, 6) is -4.81. The third-order valence-electron chi connectivity index (χ3n) is 7.12. The number of thioether (sulfide) groups is 1. The SMILES string of the molecule is O=C(Cn1c2c(sc1=O)[C@H](c1ccco1)C1C(=O)N(c3ccccc3C(F)(F)F)C(=O)C1S2)Nc1cccc(C(F)(F)F)c1. The highest BCUT2D eigenvalue weighted by Crippen LogP contribution is 2.54. The molecule has 6 rings (SSSR count). The number of para-hydroxylation sites is 1. The van der Waals surface area contributed by atoms with Crippen molar-refractivity contribution in [3.05, 3.63) is 98.4 Å². The van der Waals surface area contributed by atoms with Gasteiger partial charge in [0, 0.05) is 5.69 Å². The van der Waals surface area contributed by atoms with Gasteiger partial charge in [0.15, 0.2) is 0 Å². The molecular formula is C28H17F6N3O5S2. The molecule has 1 fully saturated rings. The molecule has 0 spiro atoms. The van der Waals surface area contributed by atoms with Crippen LogP contribution in [0.3, 0.4) is 0 Å². The van der Waals surface area contributed by atoms with Crippen LogP contribution in [0.1, 0.15) is 27.7 Å². The van der Waals surface area contributed by atoms with E-state index in [-0.39, 0.29) is 21.4 Å². The van der Waals surface area contributed by atoms with Gasteiger partial charge in [0.05, 0.1) is 44.8 Å². The number of rotatable bonds is 5. The number of aromatic nitrogens is 1. The zero-order valence-electron chi connectivity index (χ0n) is 21.8. The molecule has 1 N–H and O–H groups in total. The Bertz CT molecular complexity index is 1850. The average Bonchev–Trinajstić information content (AvgIpc) is 3.65. The Morgan fingerprint density at radius 1 is 0.909 bits per heavy atom. The maximum Gasteiger partial charge on any atom is 0.418 e. The molecule has 44 heavy (non-hydrogen) atoms. The minimum absolute atomic E-state index is 0.119. The number of hydrogen-bond acceptors (Lipinski definition) is 7. The second kappa shape index (κ2) is 10.7. The van der Waals surface area contributed by atoms with Crippen molar-refractivity contribution in [2.45, 2.75) is 35.1 Å². The van der Waals surface area contributed by atoms with Gasteiger partial charge >= 0.3 is 17.2 Å². The van der Waals surface area contributed by atoms with Crippen LogP contribution in [-0.2, 0) is 33.3 Å². The number of furan rings is 1. The quantitative estimate of drug-likeness (QED) is 0.210. The van der Waals surface area contributed by atoms with Crippen molar-refractivity contribution in [3.8, 4) is 0 Å². The summed E-state index contributed by atoms with van der Waals surface area (Å²) in [7, 11) is 0. The van der Waals surface area contributed by atoms with E-state index in [4.69, 9.17) is 4.42 Å². The van der Waals surface area contributed by atoms with Gasteiger partial charge in [0.1, 0.15) is 17.6 Å². The molecule has 2 unspecified atom stereocenters. The number of halogens is 6. The zero-order valence-corrected chi connectivity index (χ0v) is 23.4. The topological polar surface area (TPSA) is 102 Å². The molecule has 0 saturated carbocycles. The Hall–Kier alpha value is -4.31. The Kier molecular flexibility index (Phi) is 7.23. The molecule has 4 aromatic rings. The third kappa shape index (κ3) is 5.11. The van der Waals surface area contributed by atoms with Crippen molar-refractivity contribution < 1.29 is 45.1 Å². The first-order chi connectivity index (χ1) is 20.8. The van der Waals surface area contributed by atoms with Gasteiger partial charge in [-0.1, -0.05) is 41.3 Å². The van der Waals surface area contributed by atoms with E-state index in [9.17, 15) is 45.5 Å². The van der Waals surface area contributed by atoms with Crippen molar-refractivity contribution >= 4 is 52.2 Å². The number of benzene rings is 2. The monoisotopic (exact) mass is 653 g/mol. The summed E-state index contributed by atoms with van der Waals surface area (Å²) in [5, 5.41) is 1.16. The first-order valence-electron chi connectivity index (χ1n) is 12.7. The lowest BCUT2D eigenvalue weighted by Gasteiger charge is -2.29. The fourth-order valence-electron chi connectivity index (χ4n) is 5.29. The van der Waals surface area contributed by atoms with Crippen LogP contribution in [0.25, 0.3) is 0 Å². The number of alkyl halides is 6. The molecule has 2 aliphatic rings. The first kappa shape index (κ1) is 29.7. The molecular weight excluding hydrogens is 636 g/mol. The van der Waals surface area contributed by atoms with E-state index >= 15 is 0 Å². The predicted molar refractivity (Wildman–Crippen MR) is 146 cm³/mol. The lowest BCUT2D eigenvalue weighted by Crippen LogP contribution is -2.33. The second-order valence-corrected chi connectivity index (χ2v) is 12.0. The van der Waals surface area contributed by atoms with Crippen LogP contribution < -0.4 is 15.1 Å². The molecule has 3 amide bonds. The first-order valence-corrected chi connectivity index (χ1v) is 14.4. The van der Waals surface area contributed by atoms with Crippen LogP contribution in [0.2, 0.25) is 0 Å². The number of anilines is 2. The van der Waals surface area contributed by atoms with E-state index in [1.54, 1.807) is 0 Å². The van der Waals surface area contributed by atoms with E-state index in [1.165, 1.54) is 30.5 Å². The predicted octanol–water partition coefficient (Wildman–Crippen LogP) is 5.97. The highest BCUT2D eigenvalue weighted by Gasteiger charge is 2.58. The number of imide groups is 1. The van der Waals surface area contributed by atoms with Crippen molar-refractivity contribution in [1.82, 2.24) is 4.57 Å². The number of hydrogen-bond donors (Lipinski definition) is 1. The Balaban J connectivity index is 1.37. The summed E-state index contributed by atoms with van der Waals surface area (Å²) in [5.41, 5.74) is -2.98. The van der Waals surface area contributed by atoms with Crippen molar-refractivity contribution in [3.63, 3.8) is 0 Å². The molecule has 4 heterocycles. The molecule has 0 bridgehead atoms. The van der Waals surface area contributed by atoms with Crippen molar-refractivity contribution in [2.24, 2.45) is 5.92 Å². The molecule has 16 heteroatoms. The summed E-state index contributed by atoms with van der Waals surface area (Å²) in [6.07, 6.45) is -8.23. The number of amides is 3. The van der Waals surface area contributed by atoms with Crippen molar-refractivity contribution in [2.75, 3.05) is 10.2 Å². The number of fused-ring (bicyclic) bond motifs is 2. The van der Waals surface area contributed by atoms with Crippen LogP contribution in [0.15, 0.2) is 81.2 Å². The number of thiazole rings is 1. The van der Waals surface area contributed by atoms with Crippen LogP contribution in [0.5, 0.6) is 0 Å². The van der Waals surface area contributed by atoms with Gasteiger partial charge in [-0.25, -0.2) is 4.90 Å². The van der Waals surface area contributed by atoms with Gasteiger partial charge < -0.3 is 9.73 Å². The molecule has 0 radical (unpaired) electrons. The molecule has 2 aromatic heterocycles. The van der Waals surface area contributed by atoms with E-state index in [1.807, 2.05) is 0 Å². The average molecular weight is 654 g/mol. The molecule has 0 aliphatic carbocycles. The van der Waals surface area contributed by atoms with Crippen LogP contribution in [0.4, 0.5) is 37.7 Å². The summed E-state index contributed by atoms with van der Waals surface area (Å²) in [6.45, 7) is -0.654. The fourth-order valence-corrected chi connectivity index (χ4v) is 8.05. The van der Waals surface area contributed by atoms with Gasteiger partial charge in [0.25, 0.3) is 0 Å². The van der Waals surface area contributed by atoms with Gasteiger partial charge in [-0.05, 0) is 42.5 Å². The maximum atomic E-state index is 13.8. The molecule has 2 aromatic carbocycles. The standard InChI is InChI=1S/C28H17F6N3O5S2/c29-27(30,31)13-5-3-6-14(11-13)35-18(38)12-36-25-22(44-26(36)41)19(17-9-4-10-42-17)20-21(43-25)24(40)37(23(20)39)16-8-2-1-7-15(16)28(32,33)34/h1-11,19-21H,12H2,(H,35,38)/t19-,20?,21?/m1/s1. The van der Waals surface area contributed by atoms with Gasteiger partial charge in [-0.3, -0.25) is 23.7 Å². The largest absolute Gasteiger partial charge is 0.469 e. The second-order valence-electron chi connectivity index (χ2n) is 9.83. The molecule has 228 valence electrons. The van der Waals surface area contributed by atoms with E-state index < -0.39 is 75.4 Å². The summed E-state index contributed by atoms with van der Waals surface area (Å²) >= 11 is 1.43. The van der Waals surface area contributed by atoms with E-state index in [0.29, 0.717) is 16.2 Å². The summed E-state index contributed by atoms with van der Waals surface area (Å²) < 4.78 is 87.4. The fraction of sp³-hybridized carbons (Fsp3) is 0.214. The molecule has 3 atom stereocenters. The number of carbonyl (C=O) groups excluding carboxylic acids is 3. The third-order valence-corrected chi connectivity index (χ3v) is 9.73. The number of nitrogens with zero attached hydrogens (tertiary/aromatic N) is 2. The van der Waals surface area contributed by atoms with Gasteiger partial charge in [0.2, 0.25) is 17.7 Å². The highest BCUT2D eigenvalue weighted by molar-refractivity contribution is 8.00. The van der Waals surface area contributed by atoms with Crippen molar-refractivity contribution in [1.29, 1.82) is 0 Å². The van der Waals surface area contributed by atoms with E-state index in [2.05, 4.69) is 5.32 Å². The Morgan fingerprint density at radius 3 is 2.34 bits per heavy atom. The highest BCUT2D eigenvalue weighted by atomic mass is 32.2. The molecule has 2 aliphatic heterocycles. The molecule has 1 saturated heterocycles. The Labute approximate surface area is 251 Å². The van der Waals surface area contributed by atoms with E-state index in [0.717, 1.165) is 52.7 Å². The number of nitrogens with one attached hydrogen (secondary N) is 1. The van der Waals surface area contributed by atoms with Crippen LogP contribution >= 0.6 is 23.1 Å². The van der Waals surface area contributed by atoms with Crippen LogP contribution in [0, 0.1) is 5.92 Å². The summed E-state index contributed by atoms with van der Waals surface area (Å²) in [6, 6.07) is 11.1. The smallest absolute Gasteiger partial charge is 0.418 e. The Morgan fingerprint density at radius 2 is 1.66 bits per heavy atom. The minimum atomic E-state index is -4.87. The minimum Gasteiger partial charge on any atom is -0.469 e. The van der Waals surface area contributed by atoms with Gasteiger partial charge in [-0.15, -0.1) is 0 Å². The lowest BCUT2D eigenvalue weighted by atomic mass is 9.86. The summed E-state index contributed by atoms with van der Waals surface area (Å²) in [4.78, 5) is 53.6.